The van der Waals surface area contributed by atoms with E-state index in [2.05, 4.69) is 15.5 Å². The zero-order valence-electron chi connectivity index (χ0n) is 15.5. The average Bonchev–Trinajstić information content (AvgIpc) is 3.21. The fourth-order valence-electron chi connectivity index (χ4n) is 2.69. The third kappa shape index (κ3) is 4.47. The van der Waals surface area contributed by atoms with Gasteiger partial charge in [-0.05, 0) is 60.3 Å². The van der Waals surface area contributed by atoms with E-state index in [9.17, 15) is 4.79 Å². The molecule has 29 heavy (non-hydrogen) atoms. The van der Waals surface area contributed by atoms with Crippen molar-refractivity contribution in [3.8, 4) is 5.75 Å². The maximum atomic E-state index is 12.1. The van der Waals surface area contributed by atoms with E-state index >= 15 is 0 Å². The lowest BCUT2D eigenvalue weighted by Crippen LogP contribution is -2.17. The maximum absolute atomic E-state index is 12.1. The molecule has 4 aromatic rings. The van der Waals surface area contributed by atoms with E-state index < -0.39 is 0 Å². The summed E-state index contributed by atoms with van der Waals surface area (Å²) in [7, 11) is 1.58. The molecule has 0 fully saturated rings. The molecular weight excluding hydrogens is 386 g/mol. The third-order valence-corrected chi connectivity index (χ3v) is 5.09. The number of methoxy groups -OCH3 is 1. The van der Waals surface area contributed by atoms with Crippen LogP contribution in [-0.2, 0) is 0 Å². The number of hydrogen-bond donors (Lipinski definition) is 1. The molecule has 2 aromatic carbocycles. The third-order valence-electron chi connectivity index (χ3n) is 4.12. The Balaban J connectivity index is 1.40. The molecule has 0 saturated heterocycles. The molecule has 1 N–H and O–H groups in total. The van der Waals surface area contributed by atoms with Crippen molar-refractivity contribution < 1.29 is 13.9 Å². The summed E-state index contributed by atoms with van der Waals surface area (Å²) in [4.78, 5) is 17.6. The number of para-hydroxylation sites is 1. The van der Waals surface area contributed by atoms with E-state index in [4.69, 9.17) is 9.15 Å². The molecule has 0 spiro atoms. The van der Waals surface area contributed by atoms with Gasteiger partial charge in [0.2, 0.25) is 0 Å². The van der Waals surface area contributed by atoms with Crippen LogP contribution in [0.25, 0.3) is 10.9 Å². The molecule has 4 rings (SSSR count). The van der Waals surface area contributed by atoms with Crippen molar-refractivity contribution in [3.63, 3.8) is 0 Å². The first kappa shape index (κ1) is 18.8. The number of fused-ring (bicyclic) bond motifs is 1. The lowest BCUT2D eigenvalue weighted by molar-refractivity contribution is 0.0955. The Morgan fingerprint density at radius 3 is 2.76 bits per heavy atom. The van der Waals surface area contributed by atoms with Gasteiger partial charge in [-0.15, -0.1) is 0 Å². The highest BCUT2D eigenvalue weighted by Gasteiger charge is 2.08. The predicted octanol–water partition coefficient (Wildman–Crippen LogP) is 4.75. The predicted molar refractivity (Wildman–Crippen MR) is 113 cm³/mol. The molecule has 2 heterocycles. The molecule has 2 aromatic heterocycles. The standard InChI is InChI=1S/C22H17N3O3S/c1-27-17-9-7-16(8-10-17)22(26)25-24-14-18-11-12-20(28-18)29-19-6-2-4-15-5-3-13-23-21(15)19/h2-14H,1H3,(H,25,26)/b24-14-. The largest absolute Gasteiger partial charge is 0.497 e. The van der Waals surface area contributed by atoms with Crippen molar-refractivity contribution in [1.29, 1.82) is 0 Å². The SMILES string of the molecule is COc1ccc(C(=O)N/N=C\c2ccc(Sc3cccc4cccnc34)o2)cc1. The number of amides is 1. The van der Waals surface area contributed by atoms with Crippen molar-refractivity contribution >= 4 is 34.8 Å². The summed E-state index contributed by atoms with van der Waals surface area (Å²) in [6.07, 6.45) is 3.24. The minimum Gasteiger partial charge on any atom is -0.497 e. The minimum atomic E-state index is -0.313. The zero-order chi connectivity index (χ0) is 20.1. The van der Waals surface area contributed by atoms with E-state index in [-0.39, 0.29) is 5.91 Å². The number of ether oxygens (including phenoxy) is 1. The number of pyridine rings is 1. The Kier molecular flexibility index (Phi) is 5.58. The summed E-state index contributed by atoms with van der Waals surface area (Å²) in [6.45, 7) is 0. The minimum absolute atomic E-state index is 0.313. The number of benzene rings is 2. The summed E-state index contributed by atoms with van der Waals surface area (Å²) in [5.41, 5.74) is 3.90. The van der Waals surface area contributed by atoms with E-state index in [1.54, 1.807) is 43.6 Å². The fourth-order valence-corrected chi connectivity index (χ4v) is 3.59. The van der Waals surface area contributed by atoms with Crippen molar-refractivity contribution in [3.05, 3.63) is 84.3 Å². The molecule has 1 amide bonds. The molecule has 0 bridgehead atoms. The number of nitrogens with one attached hydrogen (secondary N) is 1. The maximum Gasteiger partial charge on any atom is 0.271 e. The number of carbonyl (C=O) groups is 1. The van der Waals surface area contributed by atoms with Gasteiger partial charge in [-0.1, -0.05) is 18.2 Å². The van der Waals surface area contributed by atoms with Crippen LogP contribution in [0.2, 0.25) is 0 Å². The number of furan rings is 1. The highest BCUT2D eigenvalue weighted by atomic mass is 32.2. The van der Waals surface area contributed by atoms with Crippen LogP contribution in [0.3, 0.4) is 0 Å². The first-order valence-electron chi connectivity index (χ1n) is 8.82. The van der Waals surface area contributed by atoms with Crippen LogP contribution >= 0.6 is 11.8 Å². The summed E-state index contributed by atoms with van der Waals surface area (Å²) >= 11 is 1.49. The van der Waals surface area contributed by atoms with Crippen molar-refractivity contribution in [2.75, 3.05) is 7.11 Å². The van der Waals surface area contributed by atoms with Gasteiger partial charge in [-0.3, -0.25) is 9.78 Å². The Morgan fingerprint density at radius 1 is 1.10 bits per heavy atom. The number of hydrogen-bond acceptors (Lipinski definition) is 6. The fraction of sp³-hybridized carbons (Fsp3) is 0.0455. The summed E-state index contributed by atoms with van der Waals surface area (Å²) < 4.78 is 10.8. The highest BCUT2D eigenvalue weighted by Crippen LogP contribution is 2.33. The van der Waals surface area contributed by atoms with E-state index in [1.807, 2.05) is 36.4 Å². The van der Waals surface area contributed by atoms with Crippen LogP contribution in [0.5, 0.6) is 5.75 Å². The van der Waals surface area contributed by atoms with Gasteiger partial charge in [0.15, 0.2) is 5.09 Å². The number of rotatable bonds is 6. The Labute approximate surface area is 171 Å². The zero-order valence-corrected chi connectivity index (χ0v) is 16.3. The van der Waals surface area contributed by atoms with Gasteiger partial charge in [-0.2, -0.15) is 5.10 Å². The number of carbonyl (C=O) groups excluding carboxylic acids is 1. The van der Waals surface area contributed by atoms with Gasteiger partial charge >= 0.3 is 0 Å². The number of nitrogens with zero attached hydrogens (tertiary/aromatic N) is 2. The number of aromatic nitrogens is 1. The Morgan fingerprint density at radius 2 is 1.93 bits per heavy atom. The van der Waals surface area contributed by atoms with Crippen molar-refractivity contribution in [1.82, 2.24) is 10.4 Å². The second-order valence-electron chi connectivity index (χ2n) is 6.02. The van der Waals surface area contributed by atoms with Crippen LogP contribution in [0.1, 0.15) is 16.1 Å². The normalized spacial score (nSPS) is 11.1. The van der Waals surface area contributed by atoms with Crippen molar-refractivity contribution in [2.24, 2.45) is 5.10 Å². The molecule has 0 aliphatic carbocycles. The molecule has 6 nitrogen and oxygen atoms in total. The molecule has 0 atom stereocenters. The smallest absolute Gasteiger partial charge is 0.271 e. The van der Waals surface area contributed by atoms with E-state index in [0.29, 0.717) is 22.2 Å². The van der Waals surface area contributed by atoms with Crippen LogP contribution in [0.15, 0.2) is 92.4 Å². The van der Waals surface area contributed by atoms with Crippen LogP contribution in [0, 0.1) is 0 Å². The van der Waals surface area contributed by atoms with E-state index in [1.165, 1.54) is 18.0 Å². The van der Waals surface area contributed by atoms with Gasteiger partial charge in [0.05, 0.1) is 18.8 Å². The molecule has 0 radical (unpaired) electrons. The monoisotopic (exact) mass is 403 g/mol. The van der Waals surface area contributed by atoms with Crippen LogP contribution in [-0.4, -0.2) is 24.2 Å². The second-order valence-corrected chi connectivity index (χ2v) is 7.06. The lowest BCUT2D eigenvalue weighted by Gasteiger charge is -2.03. The van der Waals surface area contributed by atoms with Crippen molar-refractivity contribution in [2.45, 2.75) is 9.99 Å². The topological polar surface area (TPSA) is 76.7 Å². The average molecular weight is 403 g/mol. The van der Waals surface area contributed by atoms with Gasteiger partial charge < -0.3 is 9.15 Å². The van der Waals surface area contributed by atoms with Gasteiger partial charge in [0.25, 0.3) is 5.91 Å². The molecule has 7 heteroatoms. The highest BCUT2D eigenvalue weighted by molar-refractivity contribution is 7.99. The van der Waals surface area contributed by atoms with Gasteiger partial charge in [-0.25, -0.2) is 5.43 Å². The summed E-state index contributed by atoms with van der Waals surface area (Å²) in [5, 5.41) is 5.75. The Bertz CT molecular complexity index is 1160. The molecule has 144 valence electrons. The molecule has 0 saturated carbocycles. The molecule has 0 unspecified atom stereocenters. The first-order chi connectivity index (χ1) is 14.2. The first-order valence-corrected chi connectivity index (χ1v) is 9.63. The summed E-state index contributed by atoms with van der Waals surface area (Å²) in [6, 6.07) is 20.4. The number of hydrazone groups is 1. The second kappa shape index (κ2) is 8.62. The van der Waals surface area contributed by atoms with Crippen LogP contribution in [0.4, 0.5) is 0 Å². The van der Waals surface area contributed by atoms with Crippen LogP contribution < -0.4 is 10.2 Å². The molecule has 0 aliphatic rings. The quantitative estimate of drug-likeness (QED) is 0.371. The lowest BCUT2D eigenvalue weighted by atomic mass is 10.2. The van der Waals surface area contributed by atoms with Gasteiger partial charge in [0, 0.05) is 22.0 Å². The Hall–Kier alpha value is -3.58. The van der Waals surface area contributed by atoms with Gasteiger partial charge in [0.1, 0.15) is 11.5 Å². The van der Waals surface area contributed by atoms with E-state index in [0.717, 1.165) is 15.8 Å². The molecule has 0 aliphatic heterocycles. The molecular formula is C22H17N3O3S. The summed E-state index contributed by atoms with van der Waals surface area (Å²) in [5.74, 6) is 0.912.